The topological polar surface area (TPSA) is 16.4 Å². The molecule has 0 aliphatic heterocycles. The van der Waals surface area contributed by atoms with Gasteiger partial charge in [0.25, 0.3) is 0 Å². The van der Waals surface area contributed by atoms with Gasteiger partial charge in [-0.15, -0.1) is 11.3 Å². The van der Waals surface area contributed by atoms with E-state index in [0.29, 0.717) is 0 Å². The molecule has 3 heteroatoms. The molecule has 0 spiro atoms. The molecule has 2 nitrogen and oxygen atoms in total. The highest BCUT2D eigenvalue weighted by molar-refractivity contribution is 7.25. The van der Waals surface area contributed by atoms with E-state index in [2.05, 4.69) is 211 Å². The third-order valence-electron chi connectivity index (χ3n) is 11.1. The van der Waals surface area contributed by atoms with Gasteiger partial charge < -0.3 is 9.32 Å². The van der Waals surface area contributed by atoms with Gasteiger partial charge in [0, 0.05) is 53.6 Å². The zero-order valence-corrected chi connectivity index (χ0v) is 31.8. The third-order valence-corrected chi connectivity index (χ3v) is 12.3. The normalized spacial score (nSPS) is 11.5. The van der Waals surface area contributed by atoms with Crippen LogP contribution in [0.15, 0.2) is 217 Å². The first-order valence-electron chi connectivity index (χ1n) is 19.3. The monoisotopic (exact) mass is 745 g/mol. The van der Waals surface area contributed by atoms with Crippen molar-refractivity contribution < 1.29 is 4.42 Å². The molecule has 0 saturated carbocycles. The van der Waals surface area contributed by atoms with E-state index in [4.69, 9.17) is 4.42 Å². The first-order chi connectivity index (χ1) is 28.2. The van der Waals surface area contributed by atoms with Crippen LogP contribution < -0.4 is 4.90 Å². The summed E-state index contributed by atoms with van der Waals surface area (Å²) in [6.45, 7) is 0. The summed E-state index contributed by atoms with van der Waals surface area (Å²) in [6, 6.07) is 76.3. The van der Waals surface area contributed by atoms with Crippen LogP contribution in [0.5, 0.6) is 0 Å². The molecular weight excluding hydrogens is 711 g/mol. The van der Waals surface area contributed by atoms with E-state index in [1.165, 1.54) is 42.4 Å². The second-order valence-electron chi connectivity index (χ2n) is 14.5. The predicted octanol–water partition coefficient (Wildman–Crippen LogP) is 16.1. The standard InChI is InChI=1S/C54H35NOS/c1-3-11-36(12-4-1)37-19-26-42(27-20-37)55(43-28-21-38(22-29-43)41-25-34-52-49(35-41)47-16-8-10-18-51(47)57-52)44-30-23-39(24-31-44)45-32-33-48-46-15-7-9-17-50(46)56-54(48)53(45)40-13-5-2-6-14-40/h1-35H. The number of anilines is 3. The Morgan fingerprint density at radius 3 is 1.53 bits per heavy atom. The lowest BCUT2D eigenvalue weighted by atomic mass is 9.92. The zero-order chi connectivity index (χ0) is 37.7. The molecule has 2 heterocycles. The molecule has 57 heavy (non-hydrogen) atoms. The van der Waals surface area contributed by atoms with E-state index >= 15 is 0 Å². The van der Waals surface area contributed by atoms with Gasteiger partial charge in [-0.1, -0.05) is 146 Å². The van der Waals surface area contributed by atoms with Crippen molar-refractivity contribution in [2.24, 2.45) is 0 Å². The van der Waals surface area contributed by atoms with Crippen molar-refractivity contribution in [3.8, 4) is 44.5 Å². The SMILES string of the molecule is c1ccc(-c2ccc(N(c3ccc(-c4ccc5sc6ccccc6c5c4)cc3)c3ccc(-c4ccc5c(oc6ccccc65)c4-c4ccccc4)cc3)cc2)cc1. The molecule has 0 atom stereocenters. The minimum atomic E-state index is 0.901. The van der Waals surface area contributed by atoms with Crippen LogP contribution in [0.3, 0.4) is 0 Å². The maximum atomic E-state index is 6.59. The summed E-state index contributed by atoms with van der Waals surface area (Å²) < 4.78 is 9.23. The Morgan fingerprint density at radius 2 is 0.842 bits per heavy atom. The number of rotatable bonds is 7. The molecule has 0 unspecified atom stereocenters. The number of hydrogen-bond donors (Lipinski definition) is 0. The second kappa shape index (κ2) is 13.8. The summed E-state index contributed by atoms with van der Waals surface area (Å²) in [7, 11) is 0. The van der Waals surface area contributed by atoms with E-state index in [9.17, 15) is 0 Å². The van der Waals surface area contributed by atoms with Crippen molar-refractivity contribution in [3.63, 3.8) is 0 Å². The molecule has 2 aromatic heterocycles. The van der Waals surface area contributed by atoms with Gasteiger partial charge in [0.05, 0.1) is 0 Å². The third kappa shape index (κ3) is 5.88. The summed E-state index contributed by atoms with van der Waals surface area (Å²) in [5, 5.41) is 4.89. The number of benzene rings is 9. The molecule has 268 valence electrons. The van der Waals surface area contributed by atoms with Crippen LogP contribution in [0.2, 0.25) is 0 Å². The Hall–Kier alpha value is -7.20. The van der Waals surface area contributed by atoms with Crippen LogP contribution in [-0.2, 0) is 0 Å². The number of fused-ring (bicyclic) bond motifs is 6. The molecule has 0 amide bonds. The lowest BCUT2D eigenvalue weighted by Crippen LogP contribution is -2.09. The molecular formula is C54H35NOS. The largest absolute Gasteiger partial charge is 0.455 e. The molecule has 11 aromatic rings. The smallest absolute Gasteiger partial charge is 0.143 e. The highest BCUT2D eigenvalue weighted by Crippen LogP contribution is 2.44. The van der Waals surface area contributed by atoms with Crippen LogP contribution in [-0.4, -0.2) is 0 Å². The van der Waals surface area contributed by atoms with Crippen LogP contribution in [0.25, 0.3) is 86.6 Å². The Bertz CT molecular complexity index is 3200. The van der Waals surface area contributed by atoms with Crippen molar-refractivity contribution in [1.82, 2.24) is 0 Å². The fraction of sp³-hybridized carbons (Fsp3) is 0. The van der Waals surface area contributed by atoms with E-state index < -0.39 is 0 Å². The van der Waals surface area contributed by atoms with Crippen molar-refractivity contribution in [2.75, 3.05) is 4.90 Å². The van der Waals surface area contributed by atoms with Crippen molar-refractivity contribution in [2.45, 2.75) is 0 Å². The summed E-state index contributed by atoms with van der Waals surface area (Å²) in [5.41, 5.74) is 14.4. The highest BCUT2D eigenvalue weighted by atomic mass is 32.1. The van der Waals surface area contributed by atoms with E-state index in [1.807, 2.05) is 17.4 Å². The van der Waals surface area contributed by atoms with Crippen molar-refractivity contribution >= 4 is 70.5 Å². The number of thiophene rings is 1. The quantitative estimate of drug-likeness (QED) is 0.162. The van der Waals surface area contributed by atoms with Crippen molar-refractivity contribution in [3.05, 3.63) is 212 Å². The summed E-state index contributed by atoms with van der Waals surface area (Å²) in [5.74, 6) is 0. The number of hydrogen-bond acceptors (Lipinski definition) is 3. The van der Waals surface area contributed by atoms with Gasteiger partial charge >= 0.3 is 0 Å². The van der Waals surface area contributed by atoms with E-state index in [1.54, 1.807) is 0 Å². The molecule has 0 fully saturated rings. The van der Waals surface area contributed by atoms with Gasteiger partial charge in [0.15, 0.2) is 0 Å². The van der Waals surface area contributed by atoms with Crippen LogP contribution in [0.4, 0.5) is 17.1 Å². The summed E-state index contributed by atoms with van der Waals surface area (Å²) in [6.07, 6.45) is 0. The van der Waals surface area contributed by atoms with Gasteiger partial charge in [0.1, 0.15) is 11.2 Å². The lowest BCUT2D eigenvalue weighted by Gasteiger charge is -2.26. The summed E-state index contributed by atoms with van der Waals surface area (Å²) >= 11 is 1.86. The van der Waals surface area contributed by atoms with Gasteiger partial charge in [-0.05, 0) is 106 Å². The van der Waals surface area contributed by atoms with Gasteiger partial charge in [0.2, 0.25) is 0 Å². The predicted molar refractivity (Wildman–Crippen MR) is 243 cm³/mol. The van der Waals surface area contributed by atoms with E-state index in [0.717, 1.165) is 61.3 Å². The second-order valence-corrected chi connectivity index (χ2v) is 15.6. The van der Waals surface area contributed by atoms with E-state index in [-0.39, 0.29) is 0 Å². The average Bonchev–Trinajstić information content (AvgIpc) is 3.86. The number of nitrogens with zero attached hydrogens (tertiary/aromatic N) is 1. The maximum absolute atomic E-state index is 6.59. The van der Waals surface area contributed by atoms with Crippen molar-refractivity contribution in [1.29, 1.82) is 0 Å². The van der Waals surface area contributed by atoms with Gasteiger partial charge in [-0.3, -0.25) is 0 Å². The Balaban J connectivity index is 1.00. The molecule has 11 rings (SSSR count). The Labute approximate surface area is 335 Å². The zero-order valence-electron chi connectivity index (χ0n) is 31.0. The fourth-order valence-electron chi connectivity index (χ4n) is 8.30. The molecule has 0 N–H and O–H groups in total. The maximum Gasteiger partial charge on any atom is 0.143 e. The summed E-state index contributed by atoms with van der Waals surface area (Å²) in [4.78, 5) is 2.35. The van der Waals surface area contributed by atoms with Crippen LogP contribution in [0, 0.1) is 0 Å². The molecule has 0 radical (unpaired) electrons. The van der Waals surface area contributed by atoms with Gasteiger partial charge in [-0.25, -0.2) is 0 Å². The van der Waals surface area contributed by atoms with Crippen LogP contribution in [0.1, 0.15) is 0 Å². The van der Waals surface area contributed by atoms with Crippen LogP contribution >= 0.6 is 11.3 Å². The molecule has 0 bridgehead atoms. The average molecular weight is 746 g/mol. The minimum absolute atomic E-state index is 0.901. The first kappa shape index (κ1) is 33.2. The molecule has 9 aromatic carbocycles. The Kier molecular flexibility index (Phi) is 8.04. The molecule has 0 aliphatic rings. The molecule has 0 aliphatic carbocycles. The fourth-order valence-corrected chi connectivity index (χ4v) is 9.39. The number of para-hydroxylation sites is 1. The Morgan fingerprint density at radius 1 is 0.333 bits per heavy atom. The first-order valence-corrected chi connectivity index (χ1v) is 20.1. The highest BCUT2D eigenvalue weighted by Gasteiger charge is 2.19. The minimum Gasteiger partial charge on any atom is -0.455 e. The lowest BCUT2D eigenvalue weighted by molar-refractivity contribution is 0.670. The van der Waals surface area contributed by atoms with Gasteiger partial charge in [-0.2, -0.15) is 0 Å². The molecule has 0 saturated heterocycles. The number of furan rings is 1.